The number of amides is 3. The maximum Gasteiger partial charge on any atom is 0.316 e. The molecule has 140 valence electrons. The van der Waals surface area contributed by atoms with Crippen molar-refractivity contribution in [2.24, 2.45) is 5.73 Å². The number of carbonyl (C=O) groups is 2. The van der Waals surface area contributed by atoms with Gasteiger partial charge in [-0.05, 0) is 31.5 Å². The van der Waals surface area contributed by atoms with Crippen molar-refractivity contribution in [3.8, 4) is 11.8 Å². The number of nitrogens with one attached hydrogen (secondary N) is 3. The SMILES string of the molecule is NC(=O)Nc1cc(C#Cc2cncc(F)c2)sc1C(=O)N[C@H]1CCCNC1. The number of urea groups is 1. The smallest absolute Gasteiger partial charge is 0.316 e. The standard InChI is InChI=1S/C18H18FN5O2S/c19-12-6-11(8-22-9-12)3-4-14-7-15(24-18(20)26)16(27-14)17(25)23-13-2-1-5-21-10-13/h6-9,13,21H,1-2,5,10H2,(H,23,25)(H3,20,24,26)/t13-/m0/s1. The topological polar surface area (TPSA) is 109 Å². The molecule has 27 heavy (non-hydrogen) atoms. The van der Waals surface area contributed by atoms with Crippen molar-refractivity contribution in [3.63, 3.8) is 0 Å². The van der Waals surface area contributed by atoms with Crippen molar-refractivity contribution in [1.29, 1.82) is 0 Å². The van der Waals surface area contributed by atoms with Gasteiger partial charge in [0.15, 0.2) is 0 Å². The molecule has 0 spiro atoms. The Balaban J connectivity index is 1.82. The lowest BCUT2D eigenvalue weighted by Gasteiger charge is -2.23. The van der Waals surface area contributed by atoms with Crippen LogP contribution in [0.25, 0.3) is 0 Å². The van der Waals surface area contributed by atoms with E-state index in [2.05, 4.69) is 32.8 Å². The second-order valence-electron chi connectivity index (χ2n) is 6.00. The van der Waals surface area contributed by atoms with Crippen LogP contribution < -0.4 is 21.7 Å². The summed E-state index contributed by atoms with van der Waals surface area (Å²) in [5, 5.41) is 8.63. The molecule has 1 fully saturated rings. The number of anilines is 1. The first-order valence-electron chi connectivity index (χ1n) is 8.35. The molecular weight excluding hydrogens is 369 g/mol. The zero-order chi connectivity index (χ0) is 19.2. The molecule has 3 heterocycles. The lowest BCUT2D eigenvalue weighted by molar-refractivity contribution is 0.0935. The van der Waals surface area contributed by atoms with E-state index in [-0.39, 0.29) is 11.9 Å². The van der Waals surface area contributed by atoms with E-state index in [9.17, 15) is 14.0 Å². The number of rotatable bonds is 3. The van der Waals surface area contributed by atoms with Crippen LogP contribution in [0.5, 0.6) is 0 Å². The van der Waals surface area contributed by atoms with Crippen molar-refractivity contribution in [2.75, 3.05) is 18.4 Å². The number of pyridine rings is 1. The highest BCUT2D eigenvalue weighted by atomic mass is 32.1. The van der Waals surface area contributed by atoms with Gasteiger partial charge in [0.2, 0.25) is 0 Å². The first kappa shape index (κ1) is 18.8. The Labute approximate surface area is 159 Å². The molecule has 0 saturated carbocycles. The summed E-state index contributed by atoms with van der Waals surface area (Å²) in [5.74, 6) is 4.87. The van der Waals surface area contributed by atoms with Crippen molar-refractivity contribution in [2.45, 2.75) is 18.9 Å². The van der Waals surface area contributed by atoms with E-state index in [4.69, 9.17) is 5.73 Å². The maximum absolute atomic E-state index is 13.2. The molecule has 7 nitrogen and oxygen atoms in total. The van der Waals surface area contributed by atoms with Crippen LogP contribution in [0.2, 0.25) is 0 Å². The summed E-state index contributed by atoms with van der Waals surface area (Å²) >= 11 is 1.13. The summed E-state index contributed by atoms with van der Waals surface area (Å²) in [6.07, 6.45) is 4.41. The third-order valence-corrected chi connectivity index (χ3v) is 4.91. The average Bonchev–Trinajstić information content (AvgIpc) is 3.03. The number of piperidine rings is 1. The monoisotopic (exact) mass is 387 g/mol. The molecule has 2 aromatic heterocycles. The van der Waals surface area contributed by atoms with Gasteiger partial charge >= 0.3 is 6.03 Å². The fourth-order valence-corrected chi connectivity index (χ4v) is 3.56. The third-order valence-electron chi connectivity index (χ3n) is 3.86. The Morgan fingerprint density at radius 2 is 2.19 bits per heavy atom. The van der Waals surface area contributed by atoms with E-state index in [0.717, 1.165) is 36.9 Å². The summed E-state index contributed by atoms with van der Waals surface area (Å²) < 4.78 is 13.2. The molecule has 2 aromatic rings. The molecule has 0 aliphatic carbocycles. The summed E-state index contributed by atoms with van der Waals surface area (Å²) in [6.45, 7) is 1.64. The fraction of sp³-hybridized carbons (Fsp3) is 0.278. The van der Waals surface area contributed by atoms with Gasteiger partial charge in [0, 0.05) is 24.3 Å². The van der Waals surface area contributed by atoms with E-state index >= 15 is 0 Å². The van der Waals surface area contributed by atoms with Gasteiger partial charge in [-0.25, -0.2) is 9.18 Å². The Morgan fingerprint density at radius 1 is 1.33 bits per heavy atom. The molecule has 1 aliphatic heterocycles. The highest BCUT2D eigenvalue weighted by molar-refractivity contribution is 7.15. The first-order chi connectivity index (χ1) is 13.0. The zero-order valence-electron chi connectivity index (χ0n) is 14.3. The largest absolute Gasteiger partial charge is 0.351 e. The summed E-state index contributed by atoms with van der Waals surface area (Å²) in [5.41, 5.74) is 5.91. The van der Waals surface area contributed by atoms with Crippen LogP contribution in [0.1, 0.15) is 33.0 Å². The van der Waals surface area contributed by atoms with Crippen molar-refractivity contribution in [1.82, 2.24) is 15.6 Å². The molecule has 0 aromatic carbocycles. The summed E-state index contributed by atoms with van der Waals surface area (Å²) in [7, 11) is 0. The molecule has 0 radical (unpaired) electrons. The lowest BCUT2D eigenvalue weighted by atomic mass is 10.1. The van der Waals surface area contributed by atoms with Crippen molar-refractivity contribution >= 4 is 29.0 Å². The van der Waals surface area contributed by atoms with Crippen LogP contribution >= 0.6 is 11.3 Å². The van der Waals surface area contributed by atoms with Gasteiger partial charge in [-0.3, -0.25) is 9.78 Å². The van der Waals surface area contributed by atoms with Gasteiger partial charge in [0.1, 0.15) is 10.7 Å². The molecule has 0 unspecified atom stereocenters. The van der Waals surface area contributed by atoms with E-state index < -0.39 is 11.8 Å². The van der Waals surface area contributed by atoms with Gasteiger partial charge in [-0.15, -0.1) is 11.3 Å². The molecule has 3 rings (SSSR count). The second kappa shape index (κ2) is 8.62. The first-order valence-corrected chi connectivity index (χ1v) is 9.17. The molecule has 9 heteroatoms. The van der Waals surface area contributed by atoms with Crippen molar-refractivity contribution < 1.29 is 14.0 Å². The average molecular weight is 387 g/mol. The van der Waals surface area contributed by atoms with Gasteiger partial charge in [-0.1, -0.05) is 11.8 Å². The minimum atomic E-state index is -0.768. The molecule has 1 saturated heterocycles. The number of primary amides is 1. The number of nitrogens with zero attached hydrogens (tertiary/aromatic N) is 1. The number of carbonyl (C=O) groups excluding carboxylic acids is 2. The highest BCUT2D eigenvalue weighted by Gasteiger charge is 2.21. The number of hydrogen-bond donors (Lipinski definition) is 4. The van der Waals surface area contributed by atoms with Gasteiger partial charge in [0.25, 0.3) is 5.91 Å². The predicted octanol–water partition coefficient (Wildman–Crippen LogP) is 1.65. The number of thiophene rings is 1. The third kappa shape index (κ3) is 5.26. The molecule has 1 aliphatic rings. The summed E-state index contributed by atoms with van der Waals surface area (Å²) in [6, 6.07) is 2.10. The molecule has 5 N–H and O–H groups in total. The van der Waals surface area contributed by atoms with Gasteiger partial charge in [-0.2, -0.15) is 0 Å². The Bertz CT molecular complexity index is 912. The van der Waals surface area contributed by atoms with Gasteiger partial charge < -0.3 is 21.7 Å². The minimum absolute atomic E-state index is 0.0303. The van der Waals surface area contributed by atoms with Crippen molar-refractivity contribution in [3.05, 3.63) is 45.7 Å². The molecule has 1 atom stereocenters. The van der Waals surface area contributed by atoms with E-state index in [1.54, 1.807) is 6.07 Å². The van der Waals surface area contributed by atoms with E-state index in [1.165, 1.54) is 12.3 Å². The lowest BCUT2D eigenvalue weighted by Crippen LogP contribution is -2.45. The van der Waals surface area contributed by atoms with Crippen LogP contribution in [0.3, 0.4) is 0 Å². The maximum atomic E-state index is 13.2. The second-order valence-corrected chi connectivity index (χ2v) is 7.05. The van der Waals surface area contributed by atoms with Crippen LogP contribution in [-0.4, -0.2) is 36.1 Å². The van der Waals surface area contributed by atoms with Crippen LogP contribution in [0.15, 0.2) is 24.5 Å². The molecule has 0 bridgehead atoms. The number of hydrogen-bond acceptors (Lipinski definition) is 5. The fourth-order valence-electron chi connectivity index (χ4n) is 2.69. The zero-order valence-corrected chi connectivity index (χ0v) is 15.2. The highest BCUT2D eigenvalue weighted by Crippen LogP contribution is 2.27. The summed E-state index contributed by atoms with van der Waals surface area (Å²) in [4.78, 5) is 28.5. The van der Waals surface area contributed by atoms with Crippen LogP contribution in [0, 0.1) is 17.7 Å². The molecule has 3 amide bonds. The minimum Gasteiger partial charge on any atom is -0.351 e. The normalized spacial score (nSPS) is 16.1. The van der Waals surface area contributed by atoms with Crippen LogP contribution in [-0.2, 0) is 0 Å². The predicted molar refractivity (Wildman–Crippen MR) is 101 cm³/mol. The molecular formula is C18H18FN5O2S. The quantitative estimate of drug-likeness (QED) is 0.601. The Morgan fingerprint density at radius 3 is 2.89 bits per heavy atom. The van der Waals surface area contributed by atoms with Crippen LogP contribution in [0.4, 0.5) is 14.9 Å². The van der Waals surface area contributed by atoms with E-state index in [1.807, 2.05) is 0 Å². The number of nitrogens with two attached hydrogens (primary N) is 1. The number of aromatic nitrogens is 1. The van der Waals surface area contributed by atoms with Gasteiger partial charge in [0.05, 0.1) is 16.8 Å². The number of halogens is 1. The Hall–Kier alpha value is -2.96. The van der Waals surface area contributed by atoms with E-state index in [0.29, 0.717) is 27.5 Å². The Kier molecular flexibility index (Phi) is 6.01.